The molecule has 1 atom stereocenters. The van der Waals surface area contributed by atoms with Gasteiger partial charge in [0.25, 0.3) is 5.91 Å². The number of carbonyl (C=O) groups excluding carboxylic acids is 2. The van der Waals surface area contributed by atoms with Crippen molar-refractivity contribution in [2.45, 2.75) is 13.0 Å². The second kappa shape index (κ2) is 4.72. The molecule has 0 aromatic heterocycles. The second-order valence-electron chi connectivity index (χ2n) is 4.09. The van der Waals surface area contributed by atoms with Crippen LogP contribution in [0.4, 0.5) is 8.78 Å². The first kappa shape index (κ1) is 12.5. The molecule has 1 aliphatic heterocycles. The molecule has 1 aliphatic rings. The van der Waals surface area contributed by atoms with Gasteiger partial charge in [-0.3, -0.25) is 9.59 Å². The summed E-state index contributed by atoms with van der Waals surface area (Å²) in [6.07, 6.45) is 0. The van der Waals surface area contributed by atoms with Gasteiger partial charge in [0.15, 0.2) is 11.6 Å². The van der Waals surface area contributed by atoms with Crippen LogP contribution in [-0.2, 0) is 4.79 Å². The number of nitrogens with zero attached hydrogens (tertiary/aromatic N) is 1. The van der Waals surface area contributed by atoms with Crippen LogP contribution >= 0.6 is 0 Å². The van der Waals surface area contributed by atoms with Gasteiger partial charge >= 0.3 is 0 Å². The van der Waals surface area contributed by atoms with Gasteiger partial charge in [-0.1, -0.05) is 0 Å². The molecule has 6 heteroatoms. The molecule has 1 aromatic rings. The Hall–Kier alpha value is -1.98. The molecule has 0 bridgehead atoms. The molecule has 1 aromatic carbocycles. The van der Waals surface area contributed by atoms with Crippen LogP contribution in [0.1, 0.15) is 17.3 Å². The highest BCUT2D eigenvalue weighted by molar-refractivity contribution is 5.98. The summed E-state index contributed by atoms with van der Waals surface area (Å²) >= 11 is 0. The van der Waals surface area contributed by atoms with E-state index in [4.69, 9.17) is 0 Å². The predicted molar refractivity (Wildman–Crippen MR) is 59.9 cm³/mol. The van der Waals surface area contributed by atoms with Gasteiger partial charge in [0.2, 0.25) is 5.91 Å². The van der Waals surface area contributed by atoms with Gasteiger partial charge in [-0.2, -0.15) is 0 Å². The van der Waals surface area contributed by atoms with Crippen molar-refractivity contribution in [3.8, 4) is 0 Å². The van der Waals surface area contributed by atoms with Crippen LogP contribution in [0.2, 0.25) is 0 Å². The van der Waals surface area contributed by atoms with Crippen LogP contribution in [-0.4, -0.2) is 35.8 Å². The quantitative estimate of drug-likeness (QED) is 0.810. The van der Waals surface area contributed by atoms with E-state index < -0.39 is 23.6 Å². The highest BCUT2D eigenvalue weighted by Crippen LogP contribution is 2.14. The van der Waals surface area contributed by atoms with E-state index in [-0.39, 0.29) is 11.5 Å². The smallest absolute Gasteiger partial charge is 0.254 e. The molecular weight excluding hydrogens is 242 g/mol. The van der Waals surface area contributed by atoms with Crippen molar-refractivity contribution in [1.29, 1.82) is 0 Å². The average Bonchev–Trinajstić information content (AvgIpc) is 2.35. The van der Waals surface area contributed by atoms with E-state index in [1.807, 2.05) is 0 Å². The SMILES string of the molecule is CC1C(=O)NCCN1C(=O)c1ccc(F)c(F)c1. The Bertz CT molecular complexity index is 505. The zero-order valence-corrected chi connectivity index (χ0v) is 9.74. The van der Waals surface area contributed by atoms with Gasteiger partial charge in [-0.05, 0) is 25.1 Å². The average molecular weight is 254 g/mol. The highest BCUT2D eigenvalue weighted by atomic mass is 19.2. The summed E-state index contributed by atoms with van der Waals surface area (Å²) in [6, 6.07) is 2.34. The summed E-state index contributed by atoms with van der Waals surface area (Å²) in [5.41, 5.74) is 0.0375. The van der Waals surface area contributed by atoms with Crippen LogP contribution in [0.25, 0.3) is 0 Å². The fraction of sp³-hybridized carbons (Fsp3) is 0.333. The summed E-state index contributed by atoms with van der Waals surface area (Å²) in [6.45, 7) is 2.30. The Morgan fingerprint density at radius 1 is 1.39 bits per heavy atom. The van der Waals surface area contributed by atoms with Crippen molar-refractivity contribution in [2.24, 2.45) is 0 Å². The molecule has 1 N–H and O–H groups in total. The lowest BCUT2D eigenvalue weighted by molar-refractivity contribution is -0.127. The molecule has 2 amide bonds. The Balaban J connectivity index is 2.25. The summed E-state index contributed by atoms with van der Waals surface area (Å²) in [5.74, 6) is -2.81. The molecule has 0 saturated carbocycles. The number of amides is 2. The van der Waals surface area contributed by atoms with Crippen LogP contribution in [0.5, 0.6) is 0 Å². The third-order valence-electron chi connectivity index (χ3n) is 2.93. The first-order valence-corrected chi connectivity index (χ1v) is 5.54. The van der Waals surface area contributed by atoms with Crippen molar-refractivity contribution in [3.63, 3.8) is 0 Å². The fourth-order valence-electron chi connectivity index (χ4n) is 1.85. The molecule has 4 nitrogen and oxygen atoms in total. The topological polar surface area (TPSA) is 49.4 Å². The van der Waals surface area contributed by atoms with Gasteiger partial charge < -0.3 is 10.2 Å². The van der Waals surface area contributed by atoms with Crippen molar-refractivity contribution in [2.75, 3.05) is 13.1 Å². The maximum absolute atomic E-state index is 13.1. The van der Waals surface area contributed by atoms with Crippen LogP contribution in [0, 0.1) is 11.6 Å². The number of carbonyl (C=O) groups is 2. The third kappa shape index (κ3) is 2.18. The molecule has 96 valence electrons. The fourth-order valence-corrected chi connectivity index (χ4v) is 1.85. The molecule has 1 heterocycles. The minimum absolute atomic E-state index is 0.0375. The van der Waals surface area contributed by atoms with Crippen molar-refractivity contribution < 1.29 is 18.4 Å². The normalized spacial score (nSPS) is 19.6. The maximum atomic E-state index is 13.1. The molecule has 0 radical (unpaired) electrons. The van der Waals surface area contributed by atoms with E-state index in [0.717, 1.165) is 12.1 Å². The lowest BCUT2D eigenvalue weighted by atomic mass is 10.1. The van der Waals surface area contributed by atoms with Crippen LogP contribution in [0.3, 0.4) is 0 Å². The first-order chi connectivity index (χ1) is 8.50. The molecule has 18 heavy (non-hydrogen) atoms. The van der Waals surface area contributed by atoms with Crippen LogP contribution < -0.4 is 5.32 Å². The lowest BCUT2D eigenvalue weighted by Gasteiger charge is -2.32. The van der Waals surface area contributed by atoms with E-state index in [2.05, 4.69) is 5.32 Å². The molecule has 0 aliphatic carbocycles. The van der Waals surface area contributed by atoms with E-state index in [0.29, 0.717) is 13.1 Å². The summed E-state index contributed by atoms with van der Waals surface area (Å²) in [4.78, 5) is 24.8. The predicted octanol–water partition coefficient (Wildman–Crippen LogP) is 0.925. The molecule has 2 rings (SSSR count). The van der Waals surface area contributed by atoms with Crippen molar-refractivity contribution in [3.05, 3.63) is 35.4 Å². The Labute approximate surface area is 103 Å². The van der Waals surface area contributed by atoms with E-state index >= 15 is 0 Å². The van der Waals surface area contributed by atoms with Gasteiger partial charge in [-0.25, -0.2) is 8.78 Å². The van der Waals surface area contributed by atoms with Gasteiger partial charge in [0, 0.05) is 18.7 Å². The minimum atomic E-state index is -1.07. The van der Waals surface area contributed by atoms with Gasteiger partial charge in [0.05, 0.1) is 0 Å². The monoisotopic (exact) mass is 254 g/mol. The zero-order valence-electron chi connectivity index (χ0n) is 9.74. The Morgan fingerprint density at radius 2 is 2.11 bits per heavy atom. The molecule has 1 fully saturated rings. The largest absolute Gasteiger partial charge is 0.353 e. The Kier molecular flexibility index (Phi) is 3.27. The van der Waals surface area contributed by atoms with E-state index in [1.54, 1.807) is 6.92 Å². The summed E-state index contributed by atoms with van der Waals surface area (Å²) in [7, 11) is 0. The number of hydrogen-bond acceptors (Lipinski definition) is 2. The third-order valence-corrected chi connectivity index (χ3v) is 2.93. The zero-order chi connectivity index (χ0) is 13.3. The lowest BCUT2D eigenvalue weighted by Crippen LogP contribution is -2.55. The Morgan fingerprint density at radius 3 is 2.78 bits per heavy atom. The number of rotatable bonds is 1. The maximum Gasteiger partial charge on any atom is 0.254 e. The number of piperazine rings is 1. The van der Waals surface area contributed by atoms with E-state index in [9.17, 15) is 18.4 Å². The molecule has 1 saturated heterocycles. The molecule has 1 unspecified atom stereocenters. The van der Waals surface area contributed by atoms with Gasteiger partial charge in [-0.15, -0.1) is 0 Å². The summed E-state index contributed by atoms with van der Waals surface area (Å²) in [5, 5.41) is 2.62. The highest BCUT2D eigenvalue weighted by Gasteiger charge is 2.30. The number of nitrogens with one attached hydrogen (secondary N) is 1. The van der Waals surface area contributed by atoms with Crippen LogP contribution in [0.15, 0.2) is 18.2 Å². The van der Waals surface area contributed by atoms with Crippen molar-refractivity contribution in [1.82, 2.24) is 10.2 Å². The minimum Gasteiger partial charge on any atom is -0.353 e. The standard InChI is InChI=1S/C12H12F2N2O2/c1-7-11(17)15-4-5-16(7)12(18)8-2-3-9(13)10(14)6-8/h2-3,6-7H,4-5H2,1H3,(H,15,17). The molecular formula is C12H12F2N2O2. The summed E-state index contributed by atoms with van der Waals surface area (Å²) < 4.78 is 25.8. The number of hydrogen-bond donors (Lipinski definition) is 1. The first-order valence-electron chi connectivity index (χ1n) is 5.54. The number of halogens is 2. The van der Waals surface area contributed by atoms with Gasteiger partial charge in [0.1, 0.15) is 6.04 Å². The second-order valence-corrected chi connectivity index (χ2v) is 4.09. The molecule has 0 spiro atoms. The van der Waals surface area contributed by atoms with Crippen molar-refractivity contribution >= 4 is 11.8 Å². The van der Waals surface area contributed by atoms with E-state index in [1.165, 1.54) is 11.0 Å². The number of benzene rings is 1.